The van der Waals surface area contributed by atoms with Crippen molar-refractivity contribution in [2.45, 2.75) is 53.6 Å². The SMILES string of the molecule is Cc1ccsc1CN(Cc1ccccc1)C(=O)CN(CC(C)C)C(=O)Nc1ccc(C(C)C)cc1. The van der Waals surface area contributed by atoms with Crippen molar-refractivity contribution < 1.29 is 9.59 Å². The molecule has 3 aromatic rings. The highest BCUT2D eigenvalue weighted by molar-refractivity contribution is 7.10. The zero-order valence-electron chi connectivity index (χ0n) is 21.5. The largest absolute Gasteiger partial charge is 0.332 e. The zero-order valence-corrected chi connectivity index (χ0v) is 22.3. The molecule has 1 aromatic heterocycles. The number of rotatable bonds is 10. The lowest BCUT2D eigenvalue weighted by Crippen LogP contribution is -2.45. The smallest absolute Gasteiger partial charge is 0.322 e. The Bertz CT molecular complexity index is 1090. The van der Waals surface area contributed by atoms with Gasteiger partial charge in [0.2, 0.25) is 5.91 Å². The number of hydrogen-bond donors (Lipinski definition) is 1. The van der Waals surface area contributed by atoms with Crippen LogP contribution >= 0.6 is 11.3 Å². The van der Waals surface area contributed by atoms with Crippen LogP contribution in [0.2, 0.25) is 0 Å². The van der Waals surface area contributed by atoms with Gasteiger partial charge >= 0.3 is 6.03 Å². The van der Waals surface area contributed by atoms with Gasteiger partial charge in [0.1, 0.15) is 6.54 Å². The quantitative estimate of drug-likeness (QED) is 0.335. The molecule has 0 atom stereocenters. The Morgan fingerprint density at radius 3 is 2.14 bits per heavy atom. The van der Waals surface area contributed by atoms with Crippen LogP contribution in [0.3, 0.4) is 0 Å². The van der Waals surface area contributed by atoms with Crippen LogP contribution in [0.5, 0.6) is 0 Å². The summed E-state index contributed by atoms with van der Waals surface area (Å²) < 4.78 is 0. The minimum absolute atomic E-state index is 0.0331. The molecule has 3 amide bonds. The van der Waals surface area contributed by atoms with E-state index < -0.39 is 0 Å². The van der Waals surface area contributed by atoms with Gasteiger partial charge in [-0.3, -0.25) is 4.79 Å². The van der Waals surface area contributed by atoms with E-state index >= 15 is 0 Å². The summed E-state index contributed by atoms with van der Waals surface area (Å²) in [5.74, 6) is 0.601. The number of thiophene rings is 1. The van der Waals surface area contributed by atoms with Crippen LogP contribution in [0.1, 0.15) is 55.2 Å². The first-order valence-electron chi connectivity index (χ1n) is 12.2. The zero-order chi connectivity index (χ0) is 25.4. The standard InChI is InChI=1S/C29H37N3O2S/c1-21(2)17-32(29(34)30-26-13-11-25(12-14-26)22(3)4)20-28(33)31(18-24-9-7-6-8-10-24)19-27-23(5)15-16-35-27/h6-16,21-22H,17-20H2,1-5H3,(H,30,34). The Kier molecular flexibility index (Phi) is 9.49. The van der Waals surface area contributed by atoms with E-state index in [0.29, 0.717) is 25.6 Å². The molecule has 1 N–H and O–H groups in total. The van der Waals surface area contributed by atoms with Crippen LogP contribution in [0.4, 0.5) is 10.5 Å². The molecule has 186 valence electrons. The van der Waals surface area contributed by atoms with Crippen molar-refractivity contribution in [3.63, 3.8) is 0 Å². The molecular weight excluding hydrogens is 454 g/mol. The maximum absolute atomic E-state index is 13.6. The third-order valence-corrected chi connectivity index (χ3v) is 6.91. The van der Waals surface area contributed by atoms with Gasteiger partial charge < -0.3 is 15.1 Å². The molecule has 6 heteroatoms. The van der Waals surface area contributed by atoms with Crippen molar-refractivity contribution in [3.8, 4) is 0 Å². The summed E-state index contributed by atoms with van der Waals surface area (Å²) in [6.45, 7) is 12.0. The van der Waals surface area contributed by atoms with Crippen molar-refractivity contribution in [3.05, 3.63) is 87.6 Å². The van der Waals surface area contributed by atoms with E-state index in [1.54, 1.807) is 16.2 Å². The molecule has 5 nitrogen and oxygen atoms in total. The van der Waals surface area contributed by atoms with Gasteiger partial charge in [0, 0.05) is 23.7 Å². The summed E-state index contributed by atoms with van der Waals surface area (Å²) in [6.07, 6.45) is 0. The average molecular weight is 492 g/mol. The number of benzene rings is 2. The third kappa shape index (κ3) is 7.96. The summed E-state index contributed by atoms with van der Waals surface area (Å²) in [5, 5.41) is 5.03. The molecule has 0 aliphatic heterocycles. The minimum Gasteiger partial charge on any atom is -0.332 e. The van der Waals surface area contributed by atoms with Gasteiger partial charge in [-0.05, 0) is 59.0 Å². The predicted octanol–water partition coefficient (Wildman–Crippen LogP) is 6.90. The van der Waals surface area contributed by atoms with Crippen molar-refractivity contribution in [2.24, 2.45) is 5.92 Å². The van der Waals surface area contributed by atoms with Crippen molar-refractivity contribution in [2.75, 3.05) is 18.4 Å². The number of amides is 3. The molecule has 3 rings (SSSR count). The van der Waals surface area contributed by atoms with E-state index in [0.717, 1.165) is 11.3 Å². The van der Waals surface area contributed by atoms with Crippen LogP contribution < -0.4 is 5.32 Å². The second-order valence-electron chi connectivity index (χ2n) is 9.74. The van der Waals surface area contributed by atoms with Gasteiger partial charge in [0.15, 0.2) is 0 Å². The van der Waals surface area contributed by atoms with E-state index in [4.69, 9.17) is 0 Å². The van der Waals surface area contributed by atoms with Gasteiger partial charge in [-0.1, -0.05) is 70.2 Å². The molecule has 0 aliphatic rings. The first-order chi connectivity index (χ1) is 16.7. The van der Waals surface area contributed by atoms with Gasteiger partial charge in [0.25, 0.3) is 0 Å². The number of nitrogens with one attached hydrogen (secondary N) is 1. The second-order valence-corrected chi connectivity index (χ2v) is 10.7. The molecule has 0 unspecified atom stereocenters. The fourth-order valence-corrected chi connectivity index (χ4v) is 4.77. The average Bonchev–Trinajstić information content (AvgIpc) is 3.23. The molecule has 2 aromatic carbocycles. The summed E-state index contributed by atoms with van der Waals surface area (Å²) in [4.78, 5) is 31.4. The summed E-state index contributed by atoms with van der Waals surface area (Å²) >= 11 is 1.66. The Hall–Kier alpha value is -3.12. The minimum atomic E-state index is -0.253. The Labute approximate surface area is 213 Å². The lowest BCUT2D eigenvalue weighted by Gasteiger charge is -2.29. The predicted molar refractivity (Wildman–Crippen MR) is 146 cm³/mol. The maximum Gasteiger partial charge on any atom is 0.322 e. The maximum atomic E-state index is 13.6. The molecule has 1 heterocycles. The number of hydrogen-bond acceptors (Lipinski definition) is 3. The van der Waals surface area contributed by atoms with E-state index in [1.165, 1.54) is 16.0 Å². The highest BCUT2D eigenvalue weighted by atomic mass is 32.1. The fraction of sp³-hybridized carbons (Fsp3) is 0.379. The molecule has 0 aliphatic carbocycles. The number of nitrogens with zero attached hydrogens (tertiary/aromatic N) is 2. The van der Waals surface area contributed by atoms with Crippen molar-refractivity contribution in [1.29, 1.82) is 0 Å². The van der Waals surface area contributed by atoms with Crippen LogP contribution in [-0.2, 0) is 17.9 Å². The van der Waals surface area contributed by atoms with Gasteiger partial charge in [-0.25, -0.2) is 4.79 Å². The van der Waals surface area contributed by atoms with Crippen LogP contribution in [-0.4, -0.2) is 34.8 Å². The van der Waals surface area contributed by atoms with Crippen LogP contribution in [0, 0.1) is 12.8 Å². The number of urea groups is 1. The normalized spacial score (nSPS) is 11.1. The van der Waals surface area contributed by atoms with Crippen LogP contribution in [0.15, 0.2) is 66.0 Å². The molecule has 0 saturated heterocycles. The highest BCUT2D eigenvalue weighted by Gasteiger charge is 2.23. The number of carbonyl (C=O) groups excluding carboxylic acids is 2. The van der Waals surface area contributed by atoms with E-state index in [9.17, 15) is 9.59 Å². The lowest BCUT2D eigenvalue weighted by atomic mass is 10.0. The third-order valence-electron chi connectivity index (χ3n) is 5.90. The molecule has 0 radical (unpaired) electrons. The van der Waals surface area contributed by atoms with Gasteiger partial charge in [-0.15, -0.1) is 11.3 Å². The Morgan fingerprint density at radius 2 is 1.57 bits per heavy atom. The topological polar surface area (TPSA) is 52.7 Å². The van der Waals surface area contributed by atoms with Crippen LogP contribution in [0.25, 0.3) is 0 Å². The second kappa shape index (κ2) is 12.5. The van der Waals surface area contributed by atoms with Crippen molar-refractivity contribution >= 4 is 29.0 Å². The van der Waals surface area contributed by atoms with E-state index in [-0.39, 0.29) is 24.4 Å². The molecule has 35 heavy (non-hydrogen) atoms. The Balaban J connectivity index is 1.75. The molecular formula is C29H37N3O2S. The van der Waals surface area contributed by atoms with E-state index in [1.807, 2.05) is 59.5 Å². The summed E-state index contributed by atoms with van der Waals surface area (Å²) in [5.41, 5.74) is 4.20. The number of carbonyl (C=O) groups is 2. The Morgan fingerprint density at radius 1 is 0.886 bits per heavy atom. The summed E-state index contributed by atoms with van der Waals surface area (Å²) in [7, 11) is 0. The van der Waals surface area contributed by atoms with Gasteiger partial charge in [0.05, 0.1) is 6.54 Å². The lowest BCUT2D eigenvalue weighted by molar-refractivity contribution is -0.133. The number of anilines is 1. The molecule has 0 fully saturated rings. The number of aryl methyl sites for hydroxylation is 1. The molecule has 0 saturated carbocycles. The van der Waals surface area contributed by atoms with E-state index in [2.05, 4.69) is 51.4 Å². The summed E-state index contributed by atoms with van der Waals surface area (Å²) in [6, 6.07) is 19.7. The van der Waals surface area contributed by atoms with Gasteiger partial charge in [-0.2, -0.15) is 0 Å². The first kappa shape index (κ1) is 26.5. The highest BCUT2D eigenvalue weighted by Crippen LogP contribution is 2.21. The molecule has 0 bridgehead atoms. The van der Waals surface area contributed by atoms with Crippen molar-refractivity contribution in [1.82, 2.24) is 9.80 Å². The monoisotopic (exact) mass is 491 g/mol. The molecule has 0 spiro atoms. The first-order valence-corrected chi connectivity index (χ1v) is 13.1. The fourth-order valence-electron chi connectivity index (χ4n) is 3.85.